The van der Waals surface area contributed by atoms with Crippen molar-refractivity contribution >= 4 is 34.2 Å². The molecule has 0 saturated heterocycles. The molecule has 0 unspecified atom stereocenters. The van der Waals surface area contributed by atoms with Crippen molar-refractivity contribution in [2.24, 2.45) is 10.2 Å². The number of methoxy groups -OCH3 is 1. The van der Waals surface area contributed by atoms with Crippen molar-refractivity contribution in [3.05, 3.63) is 48.5 Å². The summed E-state index contributed by atoms with van der Waals surface area (Å²) in [5.41, 5.74) is 1.34. The summed E-state index contributed by atoms with van der Waals surface area (Å²) in [5, 5.41) is 21.7. The van der Waals surface area contributed by atoms with E-state index in [2.05, 4.69) is 15.5 Å². The van der Waals surface area contributed by atoms with Crippen LogP contribution in [0.25, 0.3) is 10.9 Å². The molecule has 0 aliphatic rings. The summed E-state index contributed by atoms with van der Waals surface area (Å²) in [7, 11) is 1.54. The van der Waals surface area contributed by atoms with Crippen molar-refractivity contribution in [1.29, 1.82) is 0 Å². The van der Waals surface area contributed by atoms with Crippen molar-refractivity contribution < 1.29 is 24.2 Å². The first-order chi connectivity index (χ1) is 14.5. The van der Waals surface area contributed by atoms with Crippen LogP contribution < -0.4 is 10.1 Å². The molecular formula is C21H22N4O5. The molecule has 0 atom stereocenters. The van der Waals surface area contributed by atoms with Crippen molar-refractivity contribution in [2.45, 2.75) is 13.5 Å². The molecule has 1 heterocycles. The molecule has 0 aliphatic carbocycles. The molecule has 0 fully saturated rings. The normalized spacial score (nSPS) is 11.0. The van der Waals surface area contributed by atoms with Gasteiger partial charge in [0.05, 0.1) is 31.5 Å². The van der Waals surface area contributed by atoms with Crippen LogP contribution in [-0.4, -0.2) is 41.8 Å². The first kappa shape index (κ1) is 20.8. The number of azo groups is 1. The van der Waals surface area contributed by atoms with Gasteiger partial charge in [0.25, 0.3) is 5.91 Å². The second-order valence-corrected chi connectivity index (χ2v) is 6.23. The Morgan fingerprint density at radius 3 is 2.63 bits per heavy atom. The van der Waals surface area contributed by atoms with Gasteiger partial charge in [-0.3, -0.25) is 14.2 Å². The number of esters is 1. The van der Waals surface area contributed by atoms with E-state index in [0.717, 1.165) is 0 Å². The van der Waals surface area contributed by atoms with Gasteiger partial charge in [0.1, 0.15) is 12.3 Å². The fraction of sp³-hybridized carbons (Fsp3) is 0.238. The van der Waals surface area contributed by atoms with Crippen molar-refractivity contribution in [1.82, 2.24) is 4.57 Å². The molecule has 1 aromatic heterocycles. The van der Waals surface area contributed by atoms with Gasteiger partial charge in [-0.25, -0.2) is 0 Å². The van der Waals surface area contributed by atoms with Crippen LogP contribution in [0.3, 0.4) is 0 Å². The van der Waals surface area contributed by atoms with Gasteiger partial charge in [0, 0.05) is 5.39 Å². The van der Waals surface area contributed by atoms with Crippen molar-refractivity contribution in [3.63, 3.8) is 0 Å². The summed E-state index contributed by atoms with van der Waals surface area (Å²) < 4.78 is 11.5. The van der Waals surface area contributed by atoms with E-state index < -0.39 is 11.9 Å². The number of aromatic hydroxyl groups is 1. The molecule has 2 N–H and O–H groups in total. The predicted octanol–water partition coefficient (Wildman–Crippen LogP) is 3.64. The third-order valence-corrected chi connectivity index (χ3v) is 4.31. The number of carbonyl (C=O) groups is 2. The minimum absolute atomic E-state index is 0.105. The molecule has 0 saturated carbocycles. The maximum Gasteiger partial charge on any atom is 0.326 e. The van der Waals surface area contributed by atoms with Crippen LogP contribution in [0.15, 0.2) is 58.8 Å². The topological polar surface area (TPSA) is 115 Å². The number of para-hydroxylation sites is 3. The lowest BCUT2D eigenvalue weighted by molar-refractivity contribution is -0.143. The number of amides is 1. The summed E-state index contributed by atoms with van der Waals surface area (Å²) in [6.45, 7) is 1.65. The molecule has 0 radical (unpaired) electrons. The predicted molar refractivity (Wildman–Crippen MR) is 111 cm³/mol. The lowest BCUT2D eigenvalue weighted by Crippen LogP contribution is -2.12. The molecule has 3 aromatic rings. The highest BCUT2D eigenvalue weighted by atomic mass is 16.5. The van der Waals surface area contributed by atoms with Crippen LogP contribution in [-0.2, 0) is 20.9 Å². The minimum Gasteiger partial charge on any atom is -0.495 e. The summed E-state index contributed by atoms with van der Waals surface area (Å²) in [4.78, 5) is 24.1. The molecule has 9 nitrogen and oxygen atoms in total. The first-order valence-corrected chi connectivity index (χ1v) is 9.32. The number of hydrogen-bond donors (Lipinski definition) is 2. The number of fused-ring (bicyclic) bond motifs is 1. The van der Waals surface area contributed by atoms with Crippen LogP contribution in [0.5, 0.6) is 11.6 Å². The van der Waals surface area contributed by atoms with E-state index in [1.54, 1.807) is 43.3 Å². The SMILES string of the molecule is CCOC(=O)Cn1c(O)c(N=NC(=O)CNc2ccccc2OC)c2ccccc21. The van der Waals surface area contributed by atoms with Crippen molar-refractivity contribution in [2.75, 3.05) is 25.6 Å². The number of carbonyl (C=O) groups excluding carboxylic acids is 2. The van der Waals surface area contributed by atoms with E-state index in [0.29, 0.717) is 22.3 Å². The summed E-state index contributed by atoms with van der Waals surface area (Å²) in [6, 6.07) is 14.2. The minimum atomic E-state index is -0.539. The standard InChI is InChI=1S/C21H22N4O5/c1-3-30-19(27)13-25-16-10-6-4-8-14(16)20(21(25)28)24-23-18(26)12-22-15-9-5-7-11-17(15)29-2/h4-11,22,28H,3,12-13H2,1-2H3. The molecule has 30 heavy (non-hydrogen) atoms. The maximum absolute atomic E-state index is 12.2. The van der Waals surface area contributed by atoms with Crippen LogP contribution in [0.1, 0.15) is 6.92 Å². The summed E-state index contributed by atoms with van der Waals surface area (Å²) >= 11 is 0. The molecule has 2 aromatic carbocycles. The summed E-state index contributed by atoms with van der Waals surface area (Å²) in [6.07, 6.45) is 0. The Hall–Kier alpha value is -3.88. The smallest absolute Gasteiger partial charge is 0.326 e. The number of anilines is 1. The molecule has 0 bridgehead atoms. The summed E-state index contributed by atoms with van der Waals surface area (Å²) in [5.74, 6) is -0.697. The molecule has 1 amide bonds. The van der Waals surface area contributed by atoms with Crippen LogP contribution in [0.4, 0.5) is 11.4 Å². The van der Waals surface area contributed by atoms with E-state index in [1.807, 2.05) is 12.1 Å². The molecule has 156 valence electrons. The second kappa shape index (κ2) is 9.55. The number of aromatic nitrogens is 1. The molecule has 0 spiro atoms. The number of benzene rings is 2. The van der Waals surface area contributed by atoms with E-state index >= 15 is 0 Å². The zero-order chi connectivity index (χ0) is 21.5. The monoisotopic (exact) mass is 410 g/mol. The highest BCUT2D eigenvalue weighted by Gasteiger charge is 2.19. The molecular weight excluding hydrogens is 388 g/mol. The Kier molecular flexibility index (Phi) is 6.63. The van der Waals surface area contributed by atoms with Gasteiger partial charge in [-0.05, 0) is 25.1 Å². The number of nitrogens with zero attached hydrogens (tertiary/aromatic N) is 3. The van der Waals surface area contributed by atoms with Gasteiger partial charge >= 0.3 is 5.97 Å². The van der Waals surface area contributed by atoms with E-state index in [1.165, 1.54) is 11.7 Å². The zero-order valence-electron chi connectivity index (χ0n) is 16.7. The largest absolute Gasteiger partial charge is 0.495 e. The van der Waals surface area contributed by atoms with Crippen LogP contribution in [0.2, 0.25) is 0 Å². The second-order valence-electron chi connectivity index (χ2n) is 6.23. The quantitative estimate of drug-likeness (QED) is 0.433. The van der Waals surface area contributed by atoms with Gasteiger partial charge in [-0.1, -0.05) is 30.3 Å². The van der Waals surface area contributed by atoms with Crippen LogP contribution in [0, 0.1) is 0 Å². The maximum atomic E-state index is 12.2. The zero-order valence-corrected chi connectivity index (χ0v) is 16.7. The number of nitrogens with one attached hydrogen (secondary N) is 1. The van der Waals surface area contributed by atoms with Crippen molar-refractivity contribution in [3.8, 4) is 11.6 Å². The fourth-order valence-electron chi connectivity index (χ4n) is 2.97. The molecule has 0 aliphatic heterocycles. The van der Waals surface area contributed by atoms with Gasteiger partial charge < -0.3 is 19.9 Å². The Morgan fingerprint density at radius 1 is 1.13 bits per heavy atom. The Bertz CT molecular complexity index is 1090. The third kappa shape index (κ3) is 4.57. The number of ether oxygens (including phenoxy) is 2. The van der Waals surface area contributed by atoms with Gasteiger partial charge in [0.2, 0.25) is 5.88 Å². The van der Waals surface area contributed by atoms with E-state index in [9.17, 15) is 14.7 Å². The average molecular weight is 410 g/mol. The number of rotatable bonds is 8. The Balaban J connectivity index is 1.79. The van der Waals surface area contributed by atoms with E-state index in [-0.39, 0.29) is 31.3 Å². The third-order valence-electron chi connectivity index (χ3n) is 4.31. The van der Waals surface area contributed by atoms with E-state index in [4.69, 9.17) is 9.47 Å². The average Bonchev–Trinajstić information content (AvgIpc) is 3.02. The molecule has 3 rings (SSSR count). The first-order valence-electron chi connectivity index (χ1n) is 9.32. The van der Waals surface area contributed by atoms with Gasteiger partial charge in [-0.15, -0.1) is 10.2 Å². The van der Waals surface area contributed by atoms with Gasteiger partial charge in [-0.2, -0.15) is 0 Å². The Labute approximate surface area is 172 Å². The highest BCUT2D eigenvalue weighted by molar-refractivity contribution is 5.96. The molecule has 9 heteroatoms. The van der Waals surface area contributed by atoms with Crippen LogP contribution >= 0.6 is 0 Å². The number of hydrogen-bond acceptors (Lipinski definition) is 7. The lowest BCUT2D eigenvalue weighted by Gasteiger charge is -2.08. The lowest BCUT2D eigenvalue weighted by atomic mass is 10.2. The highest BCUT2D eigenvalue weighted by Crippen LogP contribution is 2.38. The fourth-order valence-corrected chi connectivity index (χ4v) is 2.97. The Morgan fingerprint density at radius 2 is 1.87 bits per heavy atom. The van der Waals surface area contributed by atoms with Gasteiger partial charge in [0.15, 0.2) is 5.69 Å².